The number of nitrogens with two attached hydrogens (primary N) is 1. The molecule has 1 aromatic heterocycles. The molecule has 3 rings (SSSR count). The highest BCUT2D eigenvalue weighted by atomic mass is 16.3. The molecule has 1 aromatic carbocycles. The van der Waals surface area contributed by atoms with Crippen molar-refractivity contribution in [3.05, 3.63) is 59.0 Å². The maximum Gasteiger partial charge on any atom is 0.287 e. The molecule has 0 saturated carbocycles. The zero-order valence-electron chi connectivity index (χ0n) is 10.7. The summed E-state index contributed by atoms with van der Waals surface area (Å²) >= 11 is 0. The Labute approximate surface area is 111 Å². The highest BCUT2D eigenvalue weighted by Crippen LogP contribution is 2.29. The standard InChI is InChI=1S/C15H16N2O2/c1-9-6-7-13(19-9)15(18)17-12-8-10-4-2-3-5-11(10)14(12)16/h2-7,12,14H,8,16H2,1H3,(H,17,18)/t12-,14-/m1/s1. The van der Waals surface area contributed by atoms with Gasteiger partial charge in [0.1, 0.15) is 5.76 Å². The molecular weight excluding hydrogens is 240 g/mol. The number of rotatable bonds is 2. The first-order chi connectivity index (χ1) is 9.15. The molecule has 0 fully saturated rings. The number of nitrogens with one attached hydrogen (secondary N) is 1. The van der Waals surface area contributed by atoms with Crippen molar-refractivity contribution in [3.63, 3.8) is 0 Å². The highest BCUT2D eigenvalue weighted by molar-refractivity contribution is 5.91. The van der Waals surface area contributed by atoms with Gasteiger partial charge in [0, 0.05) is 0 Å². The number of benzene rings is 1. The van der Waals surface area contributed by atoms with Crippen LogP contribution in [0, 0.1) is 6.92 Å². The molecule has 0 unspecified atom stereocenters. The van der Waals surface area contributed by atoms with E-state index in [1.165, 1.54) is 5.56 Å². The van der Waals surface area contributed by atoms with Crippen LogP contribution in [0.4, 0.5) is 0 Å². The molecule has 1 heterocycles. The summed E-state index contributed by atoms with van der Waals surface area (Å²) < 4.78 is 5.32. The van der Waals surface area contributed by atoms with Gasteiger partial charge in [-0.25, -0.2) is 0 Å². The van der Waals surface area contributed by atoms with E-state index >= 15 is 0 Å². The van der Waals surface area contributed by atoms with Gasteiger partial charge < -0.3 is 15.5 Å². The van der Waals surface area contributed by atoms with E-state index in [4.69, 9.17) is 10.2 Å². The smallest absolute Gasteiger partial charge is 0.287 e. The first kappa shape index (κ1) is 12.0. The number of hydrogen-bond acceptors (Lipinski definition) is 3. The number of aryl methyl sites for hydroxylation is 1. The van der Waals surface area contributed by atoms with Gasteiger partial charge in [-0.3, -0.25) is 4.79 Å². The number of carbonyl (C=O) groups excluding carboxylic acids is 1. The summed E-state index contributed by atoms with van der Waals surface area (Å²) in [5.74, 6) is 0.853. The zero-order valence-corrected chi connectivity index (χ0v) is 10.7. The number of furan rings is 1. The minimum Gasteiger partial charge on any atom is -0.456 e. The molecule has 1 amide bonds. The van der Waals surface area contributed by atoms with Gasteiger partial charge in [0.25, 0.3) is 5.91 Å². The summed E-state index contributed by atoms with van der Waals surface area (Å²) in [6, 6.07) is 11.3. The Bertz CT molecular complexity index is 618. The predicted molar refractivity (Wildman–Crippen MR) is 71.8 cm³/mol. The fraction of sp³-hybridized carbons (Fsp3) is 0.267. The maximum absolute atomic E-state index is 12.1. The molecule has 4 heteroatoms. The number of hydrogen-bond donors (Lipinski definition) is 2. The number of carbonyl (C=O) groups is 1. The largest absolute Gasteiger partial charge is 0.456 e. The molecule has 0 spiro atoms. The van der Waals surface area contributed by atoms with Gasteiger partial charge >= 0.3 is 0 Å². The summed E-state index contributed by atoms with van der Waals surface area (Å²) in [5.41, 5.74) is 8.50. The second-order valence-electron chi connectivity index (χ2n) is 4.92. The van der Waals surface area contributed by atoms with Crippen LogP contribution in [-0.2, 0) is 6.42 Å². The van der Waals surface area contributed by atoms with E-state index in [0.717, 1.165) is 17.7 Å². The predicted octanol–water partition coefficient (Wildman–Crippen LogP) is 1.94. The second kappa shape index (κ2) is 4.55. The second-order valence-corrected chi connectivity index (χ2v) is 4.92. The molecule has 0 radical (unpaired) electrons. The molecule has 0 aliphatic heterocycles. The molecule has 1 aliphatic rings. The molecular formula is C15H16N2O2. The summed E-state index contributed by atoms with van der Waals surface area (Å²) in [6.45, 7) is 1.81. The van der Waals surface area contributed by atoms with Crippen molar-refractivity contribution in [2.75, 3.05) is 0 Å². The molecule has 2 aromatic rings. The number of amides is 1. The molecule has 4 nitrogen and oxygen atoms in total. The quantitative estimate of drug-likeness (QED) is 0.862. The van der Waals surface area contributed by atoms with Gasteiger partial charge in [0.05, 0.1) is 12.1 Å². The van der Waals surface area contributed by atoms with Crippen molar-refractivity contribution >= 4 is 5.91 Å². The van der Waals surface area contributed by atoms with Crippen LogP contribution in [0.15, 0.2) is 40.8 Å². The molecule has 98 valence electrons. The van der Waals surface area contributed by atoms with Gasteiger partial charge in [0.15, 0.2) is 5.76 Å². The van der Waals surface area contributed by atoms with Crippen molar-refractivity contribution < 1.29 is 9.21 Å². The third-order valence-corrected chi connectivity index (χ3v) is 3.57. The van der Waals surface area contributed by atoms with Gasteiger partial charge in [-0.2, -0.15) is 0 Å². The molecule has 0 saturated heterocycles. The SMILES string of the molecule is Cc1ccc(C(=O)N[C@@H]2Cc3ccccc3[C@H]2N)o1. The summed E-state index contributed by atoms with van der Waals surface area (Å²) in [5, 5.41) is 2.95. The lowest BCUT2D eigenvalue weighted by Gasteiger charge is -2.17. The van der Waals surface area contributed by atoms with Crippen molar-refractivity contribution in [1.29, 1.82) is 0 Å². The van der Waals surface area contributed by atoms with E-state index < -0.39 is 0 Å². The molecule has 19 heavy (non-hydrogen) atoms. The Hall–Kier alpha value is -2.07. The Morgan fingerprint density at radius 1 is 1.32 bits per heavy atom. The van der Waals surface area contributed by atoms with Crippen molar-refractivity contribution in [2.45, 2.75) is 25.4 Å². The van der Waals surface area contributed by atoms with Crippen LogP contribution >= 0.6 is 0 Å². The third-order valence-electron chi connectivity index (χ3n) is 3.57. The summed E-state index contributed by atoms with van der Waals surface area (Å²) in [7, 11) is 0. The molecule has 1 aliphatic carbocycles. The zero-order chi connectivity index (χ0) is 13.4. The van der Waals surface area contributed by atoms with E-state index in [2.05, 4.69) is 11.4 Å². The Balaban J connectivity index is 1.74. The lowest BCUT2D eigenvalue weighted by Crippen LogP contribution is -2.40. The van der Waals surface area contributed by atoms with Gasteiger partial charge in [0.2, 0.25) is 0 Å². The van der Waals surface area contributed by atoms with Gasteiger partial charge in [-0.1, -0.05) is 24.3 Å². The van der Waals surface area contributed by atoms with Gasteiger partial charge in [-0.05, 0) is 36.6 Å². The normalized spacial score (nSPS) is 21.2. The van der Waals surface area contributed by atoms with Crippen LogP contribution in [0.5, 0.6) is 0 Å². The molecule has 3 N–H and O–H groups in total. The Morgan fingerprint density at radius 2 is 2.11 bits per heavy atom. The Morgan fingerprint density at radius 3 is 2.79 bits per heavy atom. The van der Waals surface area contributed by atoms with Crippen LogP contribution in [0.3, 0.4) is 0 Å². The minimum atomic E-state index is -0.207. The number of fused-ring (bicyclic) bond motifs is 1. The van der Waals surface area contributed by atoms with Crippen LogP contribution in [0.1, 0.15) is 33.5 Å². The Kier molecular flexibility index (Phi) is 2.87. The van der Waals surface area contributed by atoms with Gasteiger partial charge in [-0.15, -0.1) is 0 Å². The third kappa shape index (κ3) is 2.15. The average molecular weight is 256 g/mol. The highest BCUT2D eigenvalue weighted by Gasteiger charge is 2.31. The van der Waals surface area contributed by atoms with Crippen LogP contribution in [-0.4, -0.2) is 11.9 Å². The van der Waals surface area contributed by atoms with E-state index in [0.29, 0.717) is 5.76 Å². The first-order valence-electron chi connectivity index (χ1n) is 6.36. The van der Waals surface area contributed by atoms with Crippen LogP contribution in [0.25, 0.3) is 0 Å². The van der Waals surface area contributed by atoms with E-state index in [-0.39, 0.29) is 18.0 Å². The van der Waals surface area contributed by atoms with Crippen molar-refractivity contribution in [3.8, 4) is 0 Å². The minimum absolute atomic E-state index is 0.0738. The van der Waals surface area contributed by atoms with Crippen molar-refractivity contribution in [1.82, 2.24) is 5.32 Å². The van der Waals surface area contributed by atoms with E-state index in [1.807, 2.05) is 25.1 Å². The van der Waals surface area contributed by atoms with Crippen LogP contribution < -0.4 is 11.1 Å². The molecule has 2 atom stereocenters. The van der Waals surface area contributed by atoms with Crippen LogP contribution in [0.2, 0.25) is 0 Å². The topological polar surface area (TPSA) is 68.3 Å². The lowest BCUT2D eigenvalue weighted by molar-refractivity contribution is 0.0904. The fourth-order valence-electron chi connectivity index (χ4n) is 2.56. The summed E-state index contributed by atoms with van der Waals surface area (Å²) in [6.07, 6.45) is 0.767. The van der Waals surface area contributed by atoms with Crippen molar-refractivity contribution in [2.24, 2.45) is 5.73 Å². The van der Waals surface area contributed by atoms with E-state index in [1.54, 1.807) is 12.1 Å². The fourth-order valence-corrected chi connectivity index (χ4v) is 2.56. The monoisotopic (exact) mass is 256 g/mol. The maximum atomic E-state index is 12.1. The molecule has 0 bridgehead atoms. The van der Waals surface area contributed by atoms with E-state index in [9.17, 15) is 4.79 Å². The first-order valence-corrected chi connectivity index (χ1v) is 6.36. The lowest BCUT2D eigenvalue weighted by atomic mass is 10.1. The summed E-state index contributed by atoms with van der Waals surface area (Å²) in [4.78, 5) is 12.1. The average Bonchev–Trinajstić information content (AvgIpc) is 2.96.